The van der Waals surface area contributed by atoms with Crippen molar-refractivity contribution in [1.29, 1.82) is 0 Å². The van der Waals surface area contributed by atoms with Gasteiger partial charge in [-0.1, -0.05) is 6.92 Å². The van der Waals surface area contributed by atoms with Gasteiger partial charge in [0.15, 0.2) is 5.78 Å². The number of anilines is 2. The maximum atomic E-state index is 13.5. The van der Waals surface area contributed by atoms with Crippen molar-refractivity contribution >= 4 is 29.1 Å². The molecule has 3 atom stereocenters. The van der Waals surface area contributed by atoms with Crippen LogP contribution in [-0.4, -0.2) is 46.7 Å². The molecule has 1 aromatic heterocycles. The number of Topliss-reactive ketones (excluding diaryl/α,β-unsaturated/α-hetero) is 1. The number of hydrogen-bond acceptors (Lipinski definition) is 6. The second-order valence-corrected chi connectivity index (χ2v) is 12.6. The van der Waals surface area contributed by atoms with Crippen LogP contribution < -0.4 is 21.3 Å². The molecule has 39 heavy (non-hydrogen) atoms. The number of benzene rings is 1. The Bertz CT molecular complexity index is 1300. The molecule has 8 nitrogen and oxygen atoms in total. The zero-order valence-corrected chi connectivity index (χ0v) is 23.1. The third kappa shape index (κ3) is 5.01. The van der Waals surface area contributed by atoms with Gasteiger partial charge in [0.05, 0.1) is 5.56 Å². The van der Waals surface area contributed by atoms with Crippen molar-refractivity contribution < 1.29 is 14.4 Å². The van der Waals surface area contributed by atoms with Gasteiger partial charge in [-0.3, -0.25) is 14.4 Å². The average molecular weight is 530 g/mol. The van der Waals surface area contributed by atoms with E-state index in [2.05, 4.69) is 34.4 Å². The Hall–Kier alpha value is -3.42. The first-order valence-electron chi connectivity index (χ1n) is 14.4. The number of carbonyl (C=O) groups excluding carboxylic acids is 3. The zero-order chi connectivity index (χ0) is 27.5. The van der Waals surface area contributed by atoms with Gasteiger partial charge in [0.1, 0.15) is 5.82 Å². The van der Waals surface area contributed by atoms with E-state index in [0.29, 0.717) is 34.5 Å². The van der Waals surface area contributed by atoms with E-state index in [1.165, 1.54) is 0 Å². The number of aryl methyl sites for hydroxylation is 1. The lowest BCUT2D eigenvalue weighted by Gasteiger charge is -2.40. The number of primary amides is 1. The average Bonchev–Trinajstić information content (AvgIpc) is 3.84. The number of nitrogens with zero attached hydrogens (tertiary/aromatic N) is 2. The lowest BCUT2D eigenvalue weighted by Crippen LogP contribution is -2.50. The first-order valence-corrected chi connectivity index (χ1v) is 14.4. The quantitative estimate of drug-likeness (QED) is 0.408. The summed E-state index contributed by atoms with van der Waals surface area (Å²) in [5, 5.41) is 6.76. The highest BCUT2D eigenvalue weighted by molar-refractivity contribution is 6.03. The summed E-state index contributed by atoms with van der Waals surface area (Å²) in [6.45, 7) is 6.20. The Kier molecular flexibility index (Phi) is 6.39. The summed E-state index contributed by atoms with van der Waals surface area (Å²) >= 11 is 0. The Morgan fingerprint density at radius 3 is 2.31 bits per heavy atom. The van der Waals surface area contributed by atoms with Crippen LogP contribution in [0.5, 0.6) is 0 Å². The molecule has 0 radical (unpaired) electrons. The molecule has 2 saturated carbocycles. The highest BCUT2D eigenvalue weighted by Crippen LogP contribution is 2.49. The van der Waals surface area contributed by atoms with Crippen LogP contribution in [0.2, 0.25) is 0 Å². The molecule has 0 spiro atoms. The molecular weight excluding hydrogens is 490 g/mol. The number of aromatic nitrogens is 1. The SMILES string of the molecule is Cc1cc(C(N)=O)c(NC(C)C2(C)CC2)cc1C(=O)NC1CC2CCC(C1)N2c1ccc(C(=O)C2CC2)cn1. The Labute approximate surface area is 230 Å². The number of amides is 2. The minimum atomic E-state index is -0.497. The molecule has 4 fully saturated rings. The van der Waals surface area contributed by atoms with Crippen LogP contribution in [0, 0.1) is 18.3 Å². The summed E-state index contributed by atoms with van der Waals surface area (Å²) < 4.78 is 0. The fourth-order valence-corrected chi connectivity index (χ4v) is 6.51. The van der Waals surface area contributed by atoms with E-state index in [0.717, 1.165) is 62.7 Å². The Morgan fingerprint density at radius 2 is 1.74 bits per heavy atom. The van der Waals surface area contributed by atoms with E-state index in [9.17, 15) is 14.4 Å². The van der Waals surface area contributed by atoms with Crippen molar-refractivity contribution in [3.8, 4) is 0 Å². The molecule has 8 heteroatoms. The van der Waals surface area contributed by atoms with Gasteiger partial charge in [0, 0.05) is 53.1 Å². The van der Waals surface area contributed by atoms with E-state index >= 15 is 0 Å². The Morgan fingerprint density at radius 1 is 1.05 bits per heavy atom. The van der Waals surface area contributed by atoms with Gasteiger partial charge in [-0.05, 0) is 100 Å². The van der Waals surface area contributed by atoms with Gasteiger partial charge >= 0.3 is 0 Å². The van der Waals surface area contributed by atoms with Gasteiger partial charge in [-0.15, -0.1) is 0 Å². The number of piperidine rings is 1. The van der Waals surface area contributed by atoms with E-state index in [1.54, 1.807) is 18.3 Å². The third-order valence-electron chi connectivity index (χ3n) is 9.64. The lowest BCUT2D eigenvalue weighted by molar-refractivity contribution is 0.0923. The summed E-state index contributed by atoms with van der Waals surface area (Å²) in [7, 11) is 0. The Balaban J connectivity index is 1.14. The van der Waals surface area contributed by atoms with Gasteiger partial charge in [-0.2, -0.15) is 0 Å². The fourth-order valence-electron chi connectivity index (χ4n) is 6.51. The second kappa shape index (κ2) is 9.65. The maximum absolute atomic E-state index is 13.5. The molecule has 2 aliphatic carbocycles. The highest BCUT2D eigenvalue weighted by atomic mass is 16.2. The molecule has 206 valence electrons. The van der Waals surface area contributed by atoms with E-state index in [4.69, 9.17) is 5.73 Å². The number of hydrogen-bond donors (Lipinski definition) is 3. The van der Waals surface area contributed by atoms with Crippen molar-refractivity contribution in [2.45, 2.75) is 96.3 Å². The second-order valence-electron chi connectivity index (χ2n) is 12.6. The number of ketones is 1. The predicted octanol–water partition coefficient (Wildman–Crippen LogP) is 4.61. The number of nitrogens with two attached hydrogens (primary N) is 1. The maximum Gasteiger partial charge on any atom is 0.251 e. The molecule has 6 rings (SSSR count). The van der Waals surface area contributed by atoms with Gasteiger partial charge in [0.2, 0.25) is 0 Å². The number of fused-ring (bicyclic) bond motifs is 2. The number of rotatable bonds is 9. The van der Waals surface area contributed by atoms with Crippen molar-refractivity contribution in [2.24, 2.45) is 17.1 Å². The molecule has 2 saturated heterocycles. The lowest BCUT2D eigenvalue weighted by atomic mass is 9.95. The number of pyridine rings is 1. The minimum Gasteiger partial charge on any atom is -0.381 e. The summed E-state index contributed by atoms with van der Waals surface area (Å²) in [4.78, 5) is 45.1. The third-order valence-corrected chi connectivity index (χ3v) is 9.64. The van der Waals surface area contributed by atoms with Crippen molar-refractivity contribution in [3.05, 3.63) is 52.7 Å². The van der Waals surface area contributed by atoms with Crippen LogP contribution in [-0.2, 0) is 0 Å². The van der Waals surface area contributed by atoms with Gasteiger partial charge < -0.3 is 21.3 Å². The van der Waals surface area contributed by atoms with Crippen LogP contribution in [0.25, 0.3) is 0 Å². The molecule has 2 aliphatic heterocycles. The molecule has 3 heterocycles. The van der Waals surface area contributed by atoms with E-state index in [1.807, 2.05) is 19.1 Å². The van der Waals surface area contributed by atoms with Crippen molar-refractivity contribution in [3.63, 3.8) is 0 Å². The van der Waals surface area contributed by atoms with Gasteiger partial charge in [0.25, 0.3) is 11.8 Å². The minimum absolute atomic E-state index is 0.0675. The fraction of sp³-hybridized carbons (Fsp3) is 0.548. The topological polar surface area (TPSA) is 117 Å². The number of carbonyl (C=O) groups is 3. The summed E-state index contributed by atoms with van der Waals surface area (Å²) in [5.41, 5.74) is 8.97. The van der Waals surface area contributed by atoms with Crippen LogP contribution in [0.1, 0.15) is 102 Å². The van der Waals surface area contributed by atoms with Crippen molar-refractivity contribution in [2.75, 3.05) is 10.2 Å². The summed E-state index contributed by atoms with van der Waals surface area (Å²) in [6, 6.07) is 8.29. The summed E-state index contributed by atoms with van der Waals surface area (Å²) in [5.74, 6) is 0.721. The van der Waals surface area contributed by atoms with Crippen LogP contribution in [0.15, 0.2) is 30.5 Å². The molecule has 1 aromatic carbocycles. The van der Waals surface area contributed by atoms with E-state index < -0.39 is 5.91 Å². The zero-order valence-electron chi connectivity index (χ0n) is 23.1. The monoisotopic (exact) mass is 529 g/mol. The standard InChI is InChI=1S/C31H39N5O3/c1-17-12-25(29(32)38)26(34-18(2)31(3)10-11-31)15-24(17)30(39)35-21-13-22-7-8-23(14-21)36(22)27-9-6-20(16-33-27)28(37)19-4-5-19/h6,9,12,15-16,18-19,21-23,34H,4-5,7-8,10-11,13-14H2,1-3H3,(H2,32,38)(H,35,39). The molecular formula is C31H39N5O3. The molecule has 4 aliphatic rings. The molecule has 2 amide bonds. The predicted molar refractivity (Wildman–Crippen MR) is 151 cm³/mol. The molecule has 2 aromatic rings. The normalized spacial score (nSPS) is 25.6. The largest absolute Gasteiger partial charge is 0.381 e. The number of nitrogens with one attached hydrogen (secondary N) is 2. The van der Waals surface area contributed by atoms with E-state index in [-0.39, 0.29) is 35.1 Å². The first kappa shape index (κ1) is 25.8. The molecule has 3 unspecified atom stereocenters. The van der Waals surface area contributed by atoms with Crippen LogP contribution in [0.4, 0.5) is 11.5 Å². The highest BCUT2D eigenvalue weighted by Gasteiger charge is 2.43. The molecule has 2 bridgehead atoms. The van der Waals surface area contributed by atoms with Crippen LogP contribution in [0.3, 0.4) is 0 Å². The first-order chi connectivity index (χ1) is 18.6. The smallest absolute Gasteiger partial charge is 0.251 e. The van der Waals surface area contributed by atoms with Gasteiger partial charge in [-0.25, -0.2) is 4.98 Å². The summed E-state index contributed by atoms with van der Waals surface area (Å²) in [6.07, 6.45) is 9.85. The van der Waals surface area contributed by atoms with Crippen LogP contribution >= 0.6 is 0 Å². The molecule has 4 N–H and O–H groups in total. The van der Waals surface area contributed by atoms with Crippen molar-refractivity contribution in [1.82, 2.24) is 10.3 Å².